The summed E-state index contributed by atoms with van der Waals surface area (Å²) in [5, 5.41) is 2.89. The van der Waals surface area contributed by atoms with Crippen LogP contribution >= 0.6 is 0 Å². The molecule has 1 N–H and O–H groups in total. The Labute approximate surface area is 183 Å². The van der Waals surface area contributed by atoms with E-state index < -0.39 is 6.04 Å². The highest BCUT2D eigenvalue weighted by Gasteiger charge is 2.31. The van der Waals surface area contributed by atoms with Crippen molar-refractivity contribution in [1.29, 1.82) is 0 Å². The van der Waals surface area contributed by atoms with Gasteiger partial charge in [0.2, 0.25) is 11.8 Å². The number of nitrogens with one attached hydrogen (secondary N) is 1. The number of nitrogens with zero attached hydrogens (tertiary/aromatic N) is 1. The molecule has 0 saturated carbocycles. The van der Waals surface area contributed by atoms with Crippen molar-refractivity contribution in [3.63, 3.8) is 0 Å². The Morgan fingerprint density at radius 2 is 1.48 bits per heavy atom. The summed E-state index contributed by atoms with van der Waals surface area (Å²) in [6.45, 7) is 2.68. The van der Waals surface area contributed by atoms with Gasteiger partial charge in [0.1, 0.15) is 11.8 Å². The molecule has 0 aliphatic carbocycles. The molecule has 3 rings (SSSR count). The zero-order valence-corrected chi connectivity index (χ0v) is 18.0. The molecule has 2 amide bonds. The molecule has 0 radical (unpaired) electrons. The maximum absolute atomic E-state index is 13.5. The summed E-state index contributed by atoms with van der Waals surface area (Å²) >= 11 is 0. The second kappa shape index (κ2) is 11.0. The van der Waals surface area contributed by atoms with Crippen molar-refractivity contribution < 1.29 is 14.3 Å². The summed E-state index contributed by atoms with van der Waals surface area (Å²) in [5.41, 5.74) is 2.62. The number of carbonyl (C=O) groups excluding carboxylic acids is 2. The summed E-state index contributed by atoms with van der Waals surface area (Å²) in [7, 11) is 1.62. The predicted molar refractivity (Wildman–Crippen MR) is 122 cm³/mol. The van der Waals surface area contributed by atoms with E-state index in [1.54, 1.807) is 12.0 Å². The van der Waals surface area contributed by atoms with Crippen LogP contribution in [0.5, 0.6) is 5.75 Å². The van der Waals surface area contributed by atoms with Gasteiger partial charge >= 0.3 is 0 Å². The third-order valence-corrected chi connectivity index (χ3v) is 5.06. The lowest BCUT2D eigenvalue weighted by Gasteiger charge is -2.31. The first-order valence-electron chi connectivity index (χ1n) is 10.4. The van der Waals surface area contributed by atoms with Gasteiger partial charge < -0.3 is 15.0 Å². The zero-order valence-electron chi connectivity index (χ0n) is 18.0. The highest BCUT2D eigenvalue weighted by atomic mass is 16.5. The number of hydrogen-bond acceptors (Lipinski definition) is 3. The minimum absolute atomic E-state index is 0.109. The zero-order chi connectivity index (χ0) is 22.1. The molecule has 0 fully saturated rings. The van der Waals surface area contributed by atoms with E-state index in [4.69, 9.17) is 4.74 Å². The Morgan fingerprint density at radius 3 is 2.06 bits per heavy atom. The topological polar surface area (TPSA) is 58.6 Å². The van der Waals surface area contributed by atoms with Crippen LogP contribution in [0.1, 0.15) is 29.7 Å². The predicted octanol–water partition coefficient (Wildman–Crippen LogP) is 4.14. The number of likely N-dealkylation sites (N-methyl/N-ethyl adjacent to an activating group) is 1. The van der Waals surface area contributed by atoms with Gasteiger partial charge in [-0.1, -0.05) is 72.8 Å². The van der Waals surface area contributed by atoms with Crippen molar-refractivity contribution in [2.24, 2.45) is 0 Å². The number of benzene rings is 3. The Bertz CT molecular complexity index is 973. The molecule has 0 spiro atoms. The molecule has 5 nitrogen and oxygen atoms in total. The van der Waals surface area contributed by atoms with E-state index in [0.717, 1.165) is 22.4 Å². The van der Waals surface area contributed by atoms with Crippen LogP contribution in [0.4, 0.5) is 0 Å². The molecule has 0 bridgehead atoms. The van der Waals surface area contributed by atoms with Crippen LogP contribution < -0.4 is 10.1 Å². The van der Waals surface area contributed by atoms with E-state index in [1.807, 2.05) is 91.9 Å². The normalized spacial score (nSPS) is 11.4. The number of ether oxygens (including phenoxy) is 1. The molecule has 31 heavy (non-hydrogen) atoms. The van der Waals surface area contributed by atoms with Crippen LogP contribution in [0.3, 0.4) is 0 Å². The fraction of sp³-hybridized carbons (Fsp3) is 0.231. The molecule has 0 heterocycles. The number of rotatable bonds is 9. The minimum Gasteiger partial charge on any atom is -0.497 e. The van der Waals surface area contributed by atoms with Gasteiger partial charge in [0.15, 0.2) is 0 Å². The molecule has 0 aliphatic heterocycles. The number of hydrogen-bond donors (Lipinski definition) is 1. The molecule has 5 heteroatoms. The summed E-state index contributed by atoms with van der Waals surface area (Å²) < 4.78 is 5.24. The van der Waals surface area contributed by atoms with Gasteiger partial charge in [-0.15, -0.1) is 0 Å². The Kier molecular flexibility index (Phi) is 7.82. The molecule has 0 saturated heterocycles. The lowest BCUT2D eigenvalue weighted by molar-refractivity contribution is -0.141. The van der Waals surface area contributed by atoms with Gasteiger partial charge in [-0.2, -0.15) is 0 Å². The van der Waals surface area contributed by atoms with Crippen LogP contribution in [0.15, 0.2) is 84.9 Å². The molecule has 160 valence electrons. The number of carbonyl (C=O) groups is 2. The lowest BCUT2D eigenvalue weighted by atomic mass is 10.0. The second-order valence-electron chi connectivity index (χ2n) is 7.24. The first kappa shape index (κ1) is 22.1. The van der Waals surface area contributed by atoms with Gasteiger partial charge in [0.05, 0.1) is 13.5 Å². The molecule has 0 aliphatic rings. The molecular formula is C26H28N2O3. The first-order chi connectivity index (χ1) is 15.1. The summed E-state index contributed by atoms with van der Waals surface area (Å²) in [6, 6.07) is 25.9. The van der Waals surface area contributed by atoms with E-state index >= 15 is 0 Å². The smallest absolute Gasteiger partial charge is 0.247 e. The highest BCUT2D eigenvalue weighted by Crippen LogP contribution is 2.25. The van der Waals surface area contributed by atoms with Crippen LogP contribution in [0.25, 0.3) is 0 Å². The SMILES string of the molecule is CCNC(=O)C(c1ccccc1)N(Cc1ccc(OC)cc1)C(=O)Cc1ccccc1. The van der Waals surface area contributed by atoms with Crippen molar-refractivity contribution in [2.45, 2.75) is 25.9 Å². The molecule has 1 atom stereocenters. The van der Waals surface area contributed by atoms with Crippen molar-refractivity contribution in [1.82, 2.24) is 10.2 Å². The standard InChI is InChI=1S/C26H28N2O3/c1-3-27-26(30)25(22-12-8-5-9-13-22)28(19-21-14-16-23(31-2)17-15-21)24(29)18-20-10-6-4-7-11-20/h4-17,25H,3,18-19H2,1-2H3,(H,27,30). The third kappa shape index (κ3) is 5.95. The molecule has 1 unspecified atom stereocenters. The van der Waals surface area contributed by atoms with Crippen molar-refractivity contribution in [3.05, 3.63) is 102 Å². The Hall–Kier alpha value is -3.60. The van der Waals surface area contributed by atoms with Crippen LogP contribution in [0, 0.1) is 0 Å². The molecule has 3 aromatic rings. The van der Waals surface area contributed by atoms with E-state index in [0.29, 0.717) is 13.1 Å². The first-order valence-corrected chi connectivity index (χ1v) is 10.4. The minimum atomic E-state index is -0.723. The van der Waals surface area contributed by atoms with E-state index in [9.17, 15) is 9.59 Å². The number of methoxy groups -OCH3 is 1. The maximum Gasteiger partial charge on any atom is 0.247 e. The summed E-state index contributed by atoms with van der Waals surface area (Å²) in [5.74, 6) is 0.444. The summed E-state index contributed by atoms with van der Waals surface area (Å²) in [6.07, 6.45) is 0.222. The largest absolute Gasteiger partial charge is 0.497 e. The van der Waals surface area contributed by atoms with Gasteiger partial charge in [-0.3, -0.25) is 9.59 Å². The number of amides is 2. The second-order valence-corrected chi connectivity index (χ2v) is 7.24. The van der Waals surface area contributed by atoms with Gasteiger partial charge in [0, 0.05) is 13.1 Å². The average Bonchev–Trinajstić information content (AvgIpc) is 2.80. The van der Waals surface area contributed by atoms with Crippen LogP contribution in [-0.2, 0) is 22.6 Å². The average molecular weight is 417 g/mol. The van der Waals surface area contributed by atoms with Crippen LogP contribution in [-0.4, -0.2) is 30.4 Å². The monoisotopic (exact) mass is 416 g/mol. The van der Waals surface area contributed by atoms with E-state index in [2.05, 4.69) is 5.32 Å². The van der Waals surface area contributed by atoms with Gasteiger partial charge in [-0.25, -0.2) is 0 Å². The maximum atomic E-state index is 13.5. The van der Waals surface area contributed by atoms with Crippen molar-refractivity contribution >= 4 is 11.8 Å². The van der Waals surface area contributed by atoms with E-state index in [1.165, 1.54) is 0 Å². The molecule has 3 aromatic carbocycles. The van der Waals surface area contributed by atoms with Crippen molar-refractivity contribution in [2.75, 3.05) is 13.7 Å². The Balaban J connectivity index is 1.98. The van der Waals surface area contributed by atoms with E-state index in [-0.39, 0.29) is 18.2 Å². The highest BCUT2D eigenvalue weighted by molar-refractivity contribution is 5.89. The molecular weight excluding hydrogens is 388 g/mol. The quantitative estimate of drug-likeness (QED) is 0.570. The van der Waals surface area contributed by atoms with Crippen molar-refractivity contribution in [3.8, 4) is 5.75 Å². The summed E-state index contributed by atoms with van der Waals surface area (Å²) in [4.78, 5) is 28.3. The van der Waals surface area contributed by atoms with Gasteiger partial charge in [0.25, 0.3) is 0 Å². The Morgan fingerprint density at radius 1 is 0.871 bits per heavy atom. The van der Waals surface area contributed by atoms with Crippen LogP contribution in [0.2, 0.25) is 0 Å². The fourth-order valence-corrected chi connectivity index (χ4v) is 3.50. The fourth-order valence-electron chi connectivity index (χ4n) is 3.50. The third-order valence-electron chi connectivity index (χ3n) is 5.06. The van der Waals surface area contributed by atoms with Gasteiger partial charge in [-0.05, 0) is 35.7 Å². The molecule has 0 aromatic heterocycles. The lowest BCUT2D eigenvalue weighted by Crippen LogP contribution is -2.44.